The molecule has 2 nitrogen and oxygen atoms in total. The minimum absolute atomic E-state index is 0.718. The lowest BCUT2D eigenvalue weighted by Gasteiger charge is -2.20. The van der Waals surface area contributed by atoms with Gasteiger partial charge in [0, 0.05) is 6.04 Å². The number of para-hydroxylation sites is 1. The molecule has 1 fully saturated rings. The van der Waals surface area contributed by atoms with E-state index in [9.17, 15) is 0 Å². The molecule has 0 spiro atoms. The molecule has 1 aromatic carbocycles. The summed E-state index contributed by atoms with van der Waals surface area (Å²) in [5.74, 6) is 1.84. The summed E-state index contributed by atoms with van der Waals surface area (Å²) in [7, 11) is 0. The van der Waals surface area contributed by atoms with Crippen LogP contribution in [0.15, 0.2) is 24.3 Å². The first-order valence-corrected chi connectivity index (χ1v) is 7.23. The van der Waals surface area contributed by atoms with Gasteiger partial charge >= 0.3 is 0 Å². The molecule has 18 heavy (non-hydrogen) atoms. The third-order valence-corrected chi connectivity index (χ3v) is 3.97. The van der Waals surface area contributed by atoms with E-state index in [2.05, 4.69) is 37.4 Å². The molecule has 2 heteroatoms. The normalized spacial score (nSPS) is 23.2. The Bertz CT molecular complexity index is 364. The number of ether oxygens (including phenoxy) is 1. The SMILES string of the molecule is CCNC1CCCC1CCOc1ccccc1C. The van der Waals surface area contributed by atoms with Crippen LogP contribution < -0.4 is 10.1 Å². The van der Waals surface area contributed by atoms with E-state index >= 15 is 0 Å². The first kappa shape index (κ1) is 13.4. The second-order valence-corrected chi connectivity index (χ2v) is 5.26. The average molecular weight is 247 g/mol. The Kier molecular flexibility index (Phi) is 5.06. The van der Waals surface area contributed by atoms with E-state index in [0.717, 1.165) is 30.9 Å². The minimum Gasteiger partial charge on any atom is -0.493 e. The van der Waals surface area contributed by atoms with Crippen LogP contribution >= 0.6 is 0 Å². The number of nitrogens with one attached hydrogen (secondary N) is 1. The molecule has 0 saturated heterocycles. The van der Waals surface area contributed by atoms with Crippen molar-refractivity contribution in [2.75, 3.05) is 13.2 Å². The molecule has 2 unspecified atom stereocenters. The van der Waals surface area contributed by atoms with Crippen LogP contribution in [0.2, 0.25) is 0 Å². The Morgan fingerprint density at radius 1 is 1.28 bits per heavy atom. The summed E-state index contributed by atoms with van der Waals surface area (Å²) in [6.45, 7) is 6.22. The zero-order valence-electron chi connectivity index (χ0n) is 11.6. The number of hydrogen-bond acceptors (Lipinski definition) is 2. The van der Waals surface area contributed by atoms with E-state index in [-0.39, 0.29) is 0 Å². The van der Waals surface area contributed by atoms with Gasteiger partial charge in [-0.2, -0.15) is 0 Å². The molecule has 0 radical (unpaired) electrons. The van der Waals surface area contributed by atoms with Crippen LogP contribution in [0.25, 0.3) is 0 Å². The van der Waals surface area contributed by atoms with Gasteiger partial charge in [-0.3, -0.25) is 0 Å². The molecule has 1 saturated carbocycles. The van der Waals surface area contributed by atoms with Crippen LogP contribution in [0.5, 0.6) is 5.75 Å². The number of benzene rings is 1. The Balaban J connectivity index is 1.76. The monoisotopic (exact) mass is 247 g/mol. The van der Waals surface area contributed by atoms with Crippen molar-refractivity contribution >= 4 is 0 Å². The molecular weight excluding hydrogens is 222 g/mol. The van der Waals surface area contributed by atoms with Gasteiger partial charge in [0.2, 0.25) is 0 Å². The Morgan fingerprint density at radius 3 is 2.89 bits per heavy atom. The van der Waals surface area contributed by atoms with Crippen molar-refractivity contribution in [3.63, 3.8) is 0 Å². The lowest BCUT2D eigenvalue weighted by Crippen LogP contribution is -2.32. The molecule has 0 bridgehead atoms. The molecule has 1 aliphatic carbocycles. The number of aryl methyl sites for hydroxylation is 1. The maximum atomic E-state index is 5.90. The van der Waals surface area contributed by atoms with Gasteiger partial charge in [-0.25, -0.2) is 0 Å². The van der Waals surface area contributed by atoms with Crippen LogP contribution in [0.1, 0.15) is 38.2 Å². The molecule has 0 aromatic heterocycles. The van der Waals surface area contributed by atoms with E-state index in [1.807, 2.05) is 6.07 Å². The van der Waals surface area contributed by atoms with Crippen LogP contribution in [0.4, 0.5) is 0 Å². The third-order valence-electron chi connectivity index (χ3n) is 3.97. The van der Waals surface area contributed by atoms with Crippen LogP contribution in [0.3, 0.4) is 0 Å². The first-order valence-electron chi connectivity index (χ1n) is 7.23. The maximum Gasteiger partial charge on any atom is 0.122 e. The van der Waals surface area contributed by atoms with Gasteiger partial charge in [0.05, 0.1) is 6.61 Å². The standard InChI is InChI=1S/C16H25NO/c1-3-17-15-9-6-8-14(15)11-12-18-16-10-5-4-7-13(16)2/h4-5,7,10,14-15,17H,3,6,8-9,11-12H2,1-2H3. The summed E-state index contributed by atoms with van der Waals surface area (Å²) >= 11 is 0. The Hall–Kier alpha value is -1.02. The lowest BCUT2D eigenvalue weighted by atomic mass is 10.00. The van der Waals surface area contributed by atoms with Gasteiger partial charge in [0.1, 0.15) is 5.75 Å². The molecule has 1 aliphatic rings. The van der Waals surface area contributed by atoms with Crippen molar-refractivity contribution in [3.05, 3.63) is 29.8 Å². The van der Waals surface area contributed by atoms with E-state index < -0.39 is 0 Å². The summed E-state index contributed by atoms with van der Waals surface area (Å²) in [6.07, 6.45) is 5.23. The van der Waals surface area contributed by atoms with Gasteiger partial charge < -0.3 is 10.1 Å². The molecule has 0 heterocycles. The van der Waals surface area contributed by atoms with Gasteiger partial charge in [-0.1, -0.05) is 31.5 Å². The molecule has 1 aromatic rings. The Morgan fingerprint density at radius 2 is 2.11 bits per heavy atom. The second-order valence-electron chi connectivity index (χ2n) is 5.26. The highest BCUT2D eigenvalue weighted by molar-refractivity contribution is 5.31. The summed E-state index contributed by atoms with van der Waals surface area (Å²) < 4.78 is 5.90. The minimum atomic E-state index is 0.718. The van der Waals surface area contributed by atoms with Crippen molar-refractivity contribution in [3.8, 4) is 5.75 Å². The quantitative estimate of drug-likeness (QED) is 0.830. The van der Waals surface area contributed by atoms with Gasteiger partial charge in [0.25, 0.3) is 0 Å². The largest absolute Gasteiger partial charge is 0.493 e. The van der Waals surface area contributed by atoms with Crippen molar-refractivity contribution in [2.45, 2.75) is 45.6 Å². The van der Waals surface area contributed by atoms with Crippen molar-refractivity contribution < 1.29 is 4.74 Å². The molecule has 2 rings (SSSR count). The van der Waals surface area contributed by atoms with E-state index in [1.54, 1.807) is 0 Å². The lowest BCUT2D eigenvalue weighted by molar-refractivity contribution is 0.260. The molecule has 0 aliphatic heterocycles. The molecule has 1 N–H and O–H groups in total. The van der Waals surface area contributed by atoms with E-state index in [0.29, 0.717) is 0 Å². The molecular formula is C16H25NO. The fourth-order valence-corrected chi connectivity index (χ4v) is 2.95. The fraction of sp³-hybridized carbons (Fsp3) is 0.625. The molecule has 100 valence electrons. The summed E-state index contributed by atoms with van der Waals surface area (Å²) in [5.41, 5.74) is 1.23. The van der Waals surface area contributed by atoms with Gasteiger partial charge in [-0.05, 0) is 50.3 Å². The predicted molar refractivity (Wildman–Crippen MR) is 76.1 cm³/mol. The topological polar surface area (TPSA) is 21.3 Å². The van der Waals surface area contributed by atoms with Crippen LogP contribution in [-0.4, -0.2) is 19.2 Å². The second kappa shape index (κ2) is 6.79. The van der Waals surface area contributed by atoms with E-state index in [1.165, 1.54) is 31.2 Å². The Labute approximate surface area is 111 Å². The fourth-order valence-electron chi connectivity index (χ4n) is 2.95. The van der Waals surface area contributed by atoms with Crippen molar-refractivity contribution in [1.82, 2.24) is 5.32 Å². The van der Waals surface area contributed by atoms with Gasteiger partial charge in [0.15, 0.2) is 0 Å². The summed E-state index contributed by atoms with van der Waals surface area (Å²) in [6, 6.07) is 8.98. The van der Waals surface area contributed by atoms with Crippen molar-refractivity contribution in [2.24, 2.45) is 5.92 Å². The summed E-state index contributed by atoms with van der Waals surface area (Å²) in [5, 5.41) is 3.60. The van der Waals surface area contributed by atoms with Crippen LogP contribution in [-0.2, 0) is 0 Å². The van der Waals surface area contributed by atoms with E-state index in [4.69, 9.17) is 4.74 Å². The van der Waals surface area contributed by atoms with Crippen molar-refractivity contribution in [1.29, 1.82) is 0 Å². The third kappa shape index (κ3) is 3.49. The van der Waals surface area contributed by atoms with Gasteiger partial charge in [-0.15, -0.1) is 0 Å². The number of hydrogen-bond donors (Lipinski definition) is 1. The highest BCUT2D eigenvalue weighted by Crippen LogP contribution is 2.28. The zero-order valence-corrected chi connectivity index (χ0v) is 11.6. The average Bonchev–Trinajstić information content (AvgIpc) is 2.80. The predicted octanol–water partition coefficient (Wildman–Crippen LogP) is 3.54. The molecule has 0 amide bonds. The first-order chi connectivity index (χ1) is 8.81. The van der Waals surface area contributed by atoms with Crippen LogP contribution in [0, 0.1) is 12.8 Å². The zero-order chi connectivity index (χ0) is 12.8. The maximum absolute atomic E-state index is 5.90. The smallest absolute Gasteiger partial charge is 0.122 e. The number of rotatable bonds is 6. The molecule has 2 atom stereocenters. The highest BCUT2D eigenvalue weighted by Gasteiger charge is 2.25. The summed E-state index contributed by atoms with van der Waals surface area (Å²) in [4.78, 5) is 0. The highest BCUT2D eigenvalue weighted by atomic mass is 16.5.